The van der Waals surface area contributed by atoms with Crippen LogP contribution in [0.25, 0.3) is 10.9 Å². The van der Waals surface area contributed by atoms with E-state index in [1.807, 2.05) is 18.2 Å². The SMILES string of the molecule is CCS(=O)(=O)Nc1cccc2cc(C3=NCCS3)[nH]c12. The third-order valence-electron chi connectivity index (χ3n) is 3.12. The highest BCUT2D eigenvalue weighted by Crippen LogP contribution is 2.27. The molecule has 0 radical (unpaired) electrons. The standard InChI is InChI=1S/C13H15N3O2S2/c1-2-20(17,18)16-10-5-3-4-9-8-11(15-12(9)10)13-14-6-7-19-13/h3-5,8,15-16H,2,6-7H2,1H3. The predicted molar refractivity (Wildman–Crippen MR) is 85.2 cm³/mol. The molecule has 2 N–H and O–H groups in total. The van der Waals surface area contributed by atoms with Crippen LogP contribution in [0.4, 0.5) is 5.69 Å². The summed E-state index contributed by atoms with van der Waals surface area (Å²) in [5.41, 5.74) is 2.33. The van der Waals surface area contributed by atoms with E-state index in [4.69, 9.17) is 0 Å². The first-order valence-corrected chi connectivity index (χ1v) is 9.03. The van der Waals surface area contributed by atoms with E-state index in [1.165, 1.54) is 0 Å². The van der Waals surface area contributed by atoms with Crippen LogP contribution in [0.3, 0.4) is 0 Å². The van der Waals surface area contributed by atoms with Crippen molar-refractivity contribution >= 4 is 43.4 Å². The quantitative estimate of drug-likeness (QED) is 0.911. The minimum Gasteiger partial charge on any atom is -0.351 e. The largest absolute Gasteiger partial charge is 0.351 e. The van der Waals surface area contributed by atoms with E-state index in [9.17, 15) is 8.42 Å². The van der Waals surface area contributed by atoms with Crippen molar-refractivity contribution in [2.75, 3.05) is 22.8 Å². The van der Waals surface area contributed by atoms with Crippen LogP contribution in [-0.2, 0) is 10.0 Å². The Morgan fingerprint density at radius 3 is 3.00 bits per heavy atom. The Balaban J connectivity index is 2.05. The van der Waals surface area contributed by atoms with Crippen LogP contribution < -0.4 is 4.72 Å². The van der Waals surface area contributed by atoms with Crippen molar-refractivity contribution < 1.29 is 8.42 Å². The fourth-order valence-electron chi connectivity index (χ4n) is 2.09. The summed E-state index contributed by atoms with van der Waals surface area (Å²) in [6.45, 7) is 2.46. The van der Waals surface area contributed by atoms with E-state index >= 15 is 0 Å². The van der Waals surface area contributed by atoms with Crippen LogP contribution in [-0.4, -0.2) is 36.5 Å². The van der Waals surface area contributed by atoms with Gasteiger partial charge in [-0.2, -0.15) is 0 Å². The number of anilines is 1. The molecular weight excluding hydrogens is 294 g/mol. The zero-order valence-corrected chi connectivity index (χ0v) is 12.6. The zero-order chi connectivity index (χ0) is 14.2. The second kappa shape index (κ2) is 5.14. The fraction of sp³-hybridized carbons (Fsp3) is 0.308. The lowest BCUT2D eigenvalue weighted by atomic mass is 10.2. The maximum absolute atomic E-state index is 11.7. The normalized spacial score (nSPS) is 15.6. The van der Waals surface area contributed by atoms with Crippen LogP contribution in [0.15, 0.2) is 29.3 Å². The molecule has 5 nitrogen and oxygen atoms in total. The molecule has 0 amide bonds. The Labute approximate surface area is 121 Å². The molecule has 0 spiro atoms. The second-order valence-corrected chi connectivity index (χ2v) is 7.59. The molecule has 0 saturated carbocycles. The summed E-state index contributed by atoms with van der Waals surface area (Å²) in [7, 11) is -3.28. The van der Waals surface area contributed by atoms with Crippen LogP contribution in [0.1, 0.15) is 12.6 Å². The van der Waals surface area contributed by atoms with Gasteiger partial charge in [0.25, 0.3) is 0 Å². The highest BCUT2D eigenvalue weighted by atomic mass is 32.2. The minimum absolute atomic E-state index is 0.0551. The number of nitrogens with zero attached hydrogens (tertiary/aromatic N) is 1. The minimum atomic E-state index is -3.28. The molecule has 0 unspecified atom stereocenters. The number of aliphatic imine (C=N–C) groups is 1. The monoisotopic (exact) mass is 309 g/mol. The number of H-pyrrole nitrogens is 1. The smallest absolute Gasteiger partial charge is 0.232 e. The number of fused-ring (bicyclic) bond motifs is 1. The Hall–Kier alpha value is -1.47. The summed E-state index contributed by atoms with van der Waals surface area (Å²) in [5.74, 6) is 1.06. The van der Waals surface area contributed by atoms with Crippen molar-refractivity contribution in [1.29, 1.82) is 0 Å². The summed E-state index contributed by atoms with van der Waals surface area (Å²) >= 11 is 1.71. The Morgan fingerprint density at radius 2 is 2.30 bits per heavy atom. The van der Waals surface area contributed by atoms with Gasteiger partial charge in [-0.05, 0) is 19.1 Å². The number of nitrogens with one attached hydrogen (secondary N) is 2. The van der Waals surface area contributed by atoms with Gasteiger partial charge in [-0.3, -0.25) is 9.71 Å². The fourth-order valence-corrected chi connectivity index (χ4v) is 3.57. The number of thioether (sulfide) groups is 1. The predicted octanol–water partition coefficient (Wildman–Crippen LogP) is 2.42. The van der Waals surface area contributed by atoms with Crippen LogP contribution in [0, 0.1) is 0 Å². The lowest BCUT2D eigenvalue weighted by Crippen LogP contribution is -2.14. The third-order valence-corrected chi connectivity index (χ3v) is 5.42. The van der Waals surface area contributed by atoms with Gasteiger partial charge in [-0.25, -0.2) is 8.42 Å². The summed E-state index contributed by atoms with van der Waals surface area (Å²) in [6, 6.07) is 7.58. The van der Waals surface area contributed by atoms with Crippen molar-refractivity contribution in [2.45, 2.75) is 6.92 Å². The van der Waals surface area contributed by atoms with E-state index < -0.39 is 10.0 Å². The lowest BCUT2D eigenvalue weighted by molar-refractivity contribution is 0.602. The molecule has 0 atom stereocenters. The number of benzene rings is 1. The van der Waals surface area contributed by atoms with Gasteiger partial charge in [-0.15, -0.1) is 11.8 Å². The Kier molecular flexibility index (Phi) is 3.47. The average molecular weight is 309 g/mol. The molecule has 1 aromatic carbocycles. The lowest BCUT2D eigenvalue weighted by Gasteiger charge is -2.06. The summed E-state index contributed by atoms with van der Waals surface area (Å²) in [4.78, 5) is 7.71. The Bertz CT molecular complexity index is 778. The molecule has 0 bridgehead atoms. The molecule has 3 rings (SSSR count). The maximum Gasteiger partial charge on any atom is 0.232 e. The highest BCUT2D eigenvalue weighted by molar-refractivity contribution is 8.14. The summed E-state index contributed by atoms with van der Waals surface area (Å²) < 4.78 is 26.1. The van der Waals surface area contributed by atoms with Crippen molar-refractivity contribution in [3.8, 4) is 0 Å². The first-order valence-electron chi connectivity index (χ1n) is 6.39. The van der Waals surface area contributed by atoms with Crippen LogP contribution in [0.2, 0.25) is 0 Å². The molecule has 1 aliphatic heterocycles. The number of hydrogen-bond acceptors (Lipinski definition) is 4. The number of sulfonamides is 1. The van der Waals surface area contributed by atoms with Gasteiger partial charge in [0, 0.05) is 17.7 Å². The van der Waals surface area contributed by atoms with E-state index in [-0.39, 0.29) is 5.75 Å². The first kappa shape index (κ1) is 13.5. The molecular formula is C13H15N3O2S2. The van der Waals surface area contributed by atoms with Gasteiger partial charge in [0.2, 0.25) is 10.0 Å². The number of aromatic amines is 1. The van der Waals surface area contributed by atoms with E-state index in [0.29, 0.717) is 5.69 Å². The van der Waals surface area contributed by atoms with Crippen LogP contribution in [0.5, 0.6) is 0 Å². The van der Waals surface area contributed by atoms with E-state index in [0.717, 1.165) is 33.9 Å². The topological polar surface area (TPSA) is 74.3 Å². The molecule has 0 saturated heterocycles. The average Bonchev–Trinajstić information content (AvgIpc) is 3.07. The van der Waals surface area contributed by atoms with Gasteiger partial charge >= 0.3 is 0 Å². The van der Waals surface area contributed by atoms with Gasteiger partial charge in [0.1, 0.15) is 5.04 Å². The van der Waals surface area contributed by atoms with Crippen molar-refractivity contribution in [1.82, 2.24) is 4.98 Å². The number of hydrogen-bond donors (Lipinski definition) is 2. The molecule has 1 aromatic heterocycles. The number of aromatic nitrogens is 1. The second-order valence-electron chi connectivity index (χ2n) is 4.49. The zero-order valence-electron chi connectivity index (χ0n) is 11.0. The molecule has 7 heteroatoms. The molecule has 2 heterocycles. The third kappa shape index (κ3) is 2.55. The van der Waals surface area contributed by atoms with Crippen molar-refractivity contribution in [3.05, 3.63) is 30.0 Å². The van der Waals surface area contributed by atoms with Gasteiger partial charge in [-0.1, -0.05) is 12.1 Å². The van der Waals surface area contributed by atoms with Gasteiger partial charge in [0.05, 0.1) is 22.7 Å². The summed E-state index contributed by atoms with van der Waals surface area (Å²) in [5, 5.41) is 1.97. The van der Waals surface area contributed by atoms with Crippen LogP contribution >= 0.6 is 11.8 Å². The molecule has 2 aromatic rings. The number of rotatable bonds is 4. The molecule has 1 aliphatic rings. The van der Waals surface area contributed by atoms with Crippen molar-refractivity contribution in [3.63, 3.8) is 0 Å². The molecule has 0 fully saturated rings. The summed E-state index contributed by atoms with van der Waals surface area (Å²) in [6.07, 6.45) is 0. The highest BCUT2D eigenvalue weighted by Gasteiger charge is 2.15. The van der Waals surface area contributed by atoms with E-state index in [2.05, 4.69) is 14.7 Å². The maximum atomic E-state index is 11.7. The first-order chi connectivity index (χ1) is 9.59. The van der Waals surface area contributed by atoms with Crippen molar-refractivity contribution in [2.24, 2.45) is 4.99 Å². The number of para-hydroxylation sites is 1. The van der Waals surface area contributed by atoms with Gasteiger partial charge in [0.15, 0.2) is 0 Å². The Morgan fingerprint density at radius 1 is 1.45 bits per heavy atom. The molecule has 20 heavy (non-hydrogen) atoms. The molecule has 106 valence electrons. The van der Waals surface area contributed by atoms with E-state index in [1.54, 1.807) is 24.8 Å². The van der Waals surface area contributed by atoms with Gasteiger partial charge < -0.3 is 4.98 Å². The molecule has 0 aliphatic carbocycles.